The summed E-state index contributed by atoms with van der Waals surface area (Å²) in [7, 11) is -3.63. The summed E-state index contributed by atoms with van der Waals surface area (Å²) in [6.45, 7) is 2.99. The van der Waals surface area contributed by atoms with Crippen LogP contribution in [0, 0.1) is 5.92 Å². The molecule has 6 heteroatoms. The summed E-state index contributed by atoms with van der Waals surface area (Å²) in [4.78, 5) is 4.35. The van der Waals surface area contributed by atoms with Crippen LogP contribution in [0.1, 0.15) is 19.8 Å². The zero-order chi connectivity index (χ0) is 15.1. The zero-order valence-corrected chi connectivity index (χ0v) is 12.9. The average molecular weight is 306 g/mol. The molecule has 112 valence electrons. The molecule has 21 heavy (non-hydrogen) atoms. The highest BCUT2D eigenvalue weighted by atomic mass is 32.2. The largest absolute Gasteiger partial charge is 0.345 e. The normalized spacial score (nSPS) is 26.9. The molecule has 0 spiro atoms. The maximum absolute atomic E-state index is 13.1. The maximum atomic E-state index is 13.1. The summed E-state index contributed by atoms with van der Waals surface area (Å²) in [5.74, 6) is 6.60. The Balaban J connectivity index is 2.17. The number of nitrogens with zero attached hydrogens (tertiary/aromatic N) is 2. The van der Waals surface area contributed by atoms with Gasteiger partial charge >= 0.3 is 10.0 Å². The summed E-state index contributed by atoms with van der Waals surface area (Å²) < 4.78 is 25.8. The standard InChI is InChI=1S/C15H20N3O2S/c1-12-4-3-9-18(16,11-12)21(19,20)15-6-2-5-13-10-17-8-7-14(13)15/h2,5-8,10,12H,3-4,9,11,16H2,1H3/q+1. The monoisotopic (exact) mass is 306 g/mol. The number of nitrogens with two attached hydrogens (primary N) is 1. The van der Waals surface area contributed by atoms with Crippen LogP contribution >= 0.6 is 0 Å². The molecule has 0 radical (unpaired) electrons. The molecule has 1 aromatic carbocycles. The van der Waals surface area contributed by atoms with Crippen LogP contribution in [0.25, 0.3) is 10.8 Å². The highest BCUT2D eigenvalue weighted by Crippen LogP contribution is 2.31. The van der Waals surface area contributed by atoms with Crippen LogP contribution in [0.15, 0.2) is 41.6 Å². The number of hydrogen-bond acceptors (Lipinski definition) is 4. The molecule has 2 aromatic rings. The van der Waals surface area contributed by atoms with Gasteiger partial charge in [-0.25, -0.2) is 0 Å². The SMILES string of the molecule is CC1CCC[N+](N)(S(=O)(=O)c2cccc3cnccc23)C1. The number of quaternary nitrogens is 1. The highest BCUT2D eigenvalue weighted by molar-refractivity contribution is 7.86. The number of benzene rings is 1. The average Bonchev–Trinajstić information content (AvgIpc) is 2.46. The third kappa shape index (κ3) is 2.33. The zero-order valence-electron chi connectivity index (χ0n) is 12.1. The van der Waals surface area contributed by atoms with Crippen molar-refractivity contribution in [2.75, 3.05) is 13.1 Å². The van der Waals surface area contributed by atoms with Gasteiger partial charge in [-0.05, 0) is 25.0 Å². The Morgan fingerprint density at radius 2 is 2.14 bits per heavy atom. The van der Waals surface area contributed by atoms with Crippen molar-refractivity contribution in [2.24, 2.45) is 11.8 Å². The molecule has 2 atom stereocenters. The van der Waals surface area contributed by atoms with Gasteiger partial charge in [0.15, 0.2) is 0 Å². The molecule has 1 aliphatic heterocycles. The molecule has 1 saturated heterocycles. The topological polar surface area (TPSA) is 73.1 Å². The van der Waals surface area contributed by atoms with Crippen molar-refractivity contribution in [3.8, 4) is 0 Å². The van der Waals surface area contributed by atoms with Crippen LogP contribution < -0.4 is 5.84 Å². The first-order valence-corrected chi connectivity index (χ1v) is 8.62. The second-order valence-electron chi connectivity index (χ2n) is 5.93. The lowest BCUT2D eigenvalue weighted by Gasteiger charge is -2.37. The van der Waals surface area contributed by atoms with Gasteiger partial charge in [0.1, 0.15) is 18.0 Å². The van der Waals surface area contributed by atoms with E-state index in [2.05, 4.69) is 11.9 Å². The van der Waals surface area contributed by atoms with Crippen LogP contribution in [0.5, 0.6) is 0 Å². The Morgan fingerprint density at radius 1 is 1.33 bits per heavy atom. The first kappa shape index (κ1) is 14.4. The third-order valence-electron chi connectivity index (χ3n) is 4.25. The second kappa shape index (κ2) is 5.05. The predicted molar refractivity (Wildman–Crippen MR) is 81.5 cm³/mol. The molecule has 2 N–H and O–H groups in total. The van der Waals surface area contributed by atoms with E-state index in [1.165, 1.54) is 0 Å². The summed E-state index contributed by atoms with van der Waals surface area (Å²) in [5.41, 5.74) is 0. The van der Waals surface area contributed by atoms with Crippen molar-refractivity contribution in [1.82, 2.24) is 4.98 Å². The highest BCUT2D eigenvalue weighted by Gasteiger charge is 2.44. The molecule has 0 saturated carbocycles. The van der Waals surface area contributed by atoms with Crippen LogP contribution in [-0.4, -0.2) is 30.5 Å². The van der Waals surface area contributed by atoms with Crippen molar-refractivity contribution < 1.29 is 12.4 Å². The summed E-state index contributed by atoms with van der Waals surface area (Å²) in [5, 5.41) is 1.50. The second-order valence-corrected chi connectivity index (χ2v) is 8.05. The fraction of sp³-hybridized carbons (Fsp3) is 0.400. The van der Waals surface area contributed by atoms with Gasteiger partial charge < -0.3 is 0 Å². The van der Waals surface area contributed by atoms with Gasteiger partial charge in [0.25, 0.3) is 0 Å². The maximum Gasteiger partial charge on any atom is 0.345 e. The number of aromatic nitrogens is 1. The summed E-state index contributed by atoms with van der Waals surface area (Å²) in [6, 6.07) is 6.99. The van der Waals surface area contributed by atoms with E-state index in [-0.39, 0.29) is 0 Å². The van der Waals surface area contributed by atoms with E-state index >= 15 is 0 Å². The fourth-order valence-electron chi connectivity index (χ4n) is 3.15. The molecule has 1 aliphatic rings. The Hall–Kier alpha value is -1.50. The van der Waals surface area contributed by atoms with Gasteiger partial charge in [0.2, 0.25) is 0 Å². The van der Waals surface area contributed by atoms with E-state index in [4.69, 9.17) is 5.84 Å². The van der Waals surface area contributed by atoms with E-state index in [0.717, 1.165) is 18.2 Å². The van der Waals surface area contributed by atoms with Crippen LogP contribution in [0.4, 0.5) is 0 Å². The lowest BCUT2D eigenvalue weighted by molar-refractivity contribution is -0.828. The minimum absolute atomic E-state index is 0.305. The number of fused-ring (bicyclic) bond motifs is 1. The van der Waals surface area contributed by atoms with Gasteiger partial charge in [-0.2, -0.15) is 14.3 Å². The van der Waals surface area contributed by atoms with Crippen LogP contribution in [0.3, 0.4) is 0 Å². The Labute approximate surface area is 125 Å². The Morgan fingerprint density at radius 3 is 2.90 bits per heavy atom. The van der Waals surface area contributed by atoms with Gasteiger partial charge in [-0.1, -0.05) is 19.1 Å². The van der Waals surface area contributed by atoms with E-state index in [0.29, 0.717) is 29.3 Å². The lowest BCUT2D eigenvalue weighted by Crippen LogP contribution is -2.62. The minimum Gasteiger partial charge on any atom is -0.264 e. The molecule has 3 rings (SSSR count). The molecule has 2 heterocycles. The van der Waals surface area contributed by atoms with Crippen LogP contribution in [0.2, 0.25) is 0 Å². The predicted octanol–water partition coefficient (Wildman–Crippen LogP) is 2.04. The third-order valence-corrected chi connectivity index (χ3v) is 6.45. The Bertz CT molecular complexity index is 770. The molecule has 1 fully saturated rings. The molecule has 0 aliphatic carbocycles. The first-order valence-electron chi connectivity index (χ1n) is 7.18. The minimum atomic E-state index is -3.63. The van der Waals surface area contributed by atoms with E-state index in [1.54, 1.807) is 30.6 Å². The Kier molecular flexibility index (Phi) is 3.47. The van der Waals surface area contributed by atoms with E-state index in [9.17, 15) is 8.42 Å². The number of pyridine rings is 1. The first-order chi connectivity index (χ1) is 9.94. The molecule has 0 bridgehead atoms. The van der Waals surface area contributed by atoms with E-state index in [1.807, 2.05) is 6.07 Å². The molecule has 1 aromatic heterocycles. The quantitative estimate of drug-likeness (QED) is 0.681. The van der Waals surface area contributed by atoms with Crippen molar-refractivity contribution in [3.63, 3.8) is 0 Å². The summed E-state index contributed by atoms with van der Waals surface area (Å²) >= 11 is 0. The molecule has 0 amide bonds. The van der Waals surface area contributed by atoms with E-state index < -0.39 is 14.0 Å². The van der Waals surface area contributed by atoms with Gasteiger partial charge in [0.05, 0.1) is 0 Å². The number of sulfonamides is 1. The van der Waals surface area contributed by atoms with Crippen molar-refractivity contribution in [3.05, 3.63) is 36.7 Å². The fourth-order valence-corrected chi connectivity index (χ4v) is 5.08. The number of rotatable bonds is 2. The van der Waals surface area contributed by atoms with Gasteiger partial charge in [-0.3, -0.25) is 4.98 Å². The van der Waals surface area contributed by atoms with Crippen molar-refractivity contribution in [2.45, 2.75) is 24.7 Å². The molecule has 5 nitrogen and oxygen atoms in total. The number of hydrogen-bond donors (Lipinski definition) is 1. The van der Waals surface area contributed by atoms with Gasteiger partial charge in [0, 0.05) is 29.1 Å². The summed E-state index contributed by atoms with van der Waals surface area (Å²) in [6.07, 6.45) is 5.16. The molecule has 2 unspecified atom stereocenters. The van der Waals surface area contributed by atoms with Gasteiger partial charge in [-0.15, -0.1) is 4.00 Å². The molecular formula is C15H20N3O2S+. The van der Waals surface area contributed by atoms with Crippen molar-refractivity contribution >= 4 is 20.8 Å². The molecular weight excluding hydrogens is 286 g/mol. The lowest BCUT2D eigenvalue weighted by atomic mass is 10.0. The van der Waals surface area contributed by atoms with Crippen molar-refractivity contribution in [1.29, 1.82) is 0 Å². The number of piperidine rings is 1. The van der Waals surface area contributed by atoms with Crippen LogP contribution in [-0.2, 0) is 10.0 Å². The smallest absolute Gasteiger partial charge is 0.264 e.